The predicted molar refractivity (Wildman–Crippen MR) is 53.0 cm³/mol. The highest BCUT2D eigenvalue weighted by molar-refractivity contribution is 5.82. The third-order valence-corrected chi connectivity index (χ3v) is 3.28. The first-order valence-electron chi connectivity index (χ1n) is 4.73. The van der Waals surface area contributed by atoms with Crippen molar-refractivity contribution in [1.29, 1.82) is 0 Å². The van der Waals surface area contributed by atoms with Crippen LogP contribution in [0.3, 0.4) is 0 Å². The summed E-state index contributed by atoms with van der Waals surface area (Å²) in [5, 5.41) is 0. The van der Waals surface area contributed by atoms with E-state index in [9.17, 15) is 4.79 Å². The number of methoxy groups -OCH3 is 3. The molecule has 1 saturated carbocycles. The zero-order valence-electron chi connectivity index (χ0n) is 9.02. The van der Waals surface area contributed by atoms with Crippen LogP contribution >= 0.6 is 0 Å². The molecule has 1 fully saturated rings. The van der Waals surface area contributed by atoms with Crippen molar-refractivity contribution in [2.75, 3.05) is 21.3 Å². The normalized spacial score (nSPS) is 28.3. The Hall–Kier alpha value is -1.13. The first-order valence-corrected chi connectivity index (χ1v) is 4.73. The molecular formula is C11H14O4. The Morgan fingerprint density at radius 2 is 1.67 bits per heavy atom. The van der Waals surface area contributed by atoms with Gasteiger partial charge in [0.25, 0.3) is 0 Å². The second kappa shape index (κ2) is 3.18. The highest BCUT2D eigenvalue weighted by Gasteiger charge is 2.81. The fraction of sp³-hybridized carbons (Fsp3) is 0.545. The molecule has 0 bridgehead atoms. The SMILES string of the molecule is COC(=O)C1C2(C=CC=C2)C1(OC)OC. The molecule has 0 aliphatic heterocycles. The van der Waals surface area contributed by atoms with E-state index in [2.05, 4.69) is 0 Å². The van der Waals surface area contributed by atoms with Crippen LogP contribution in [-0.2, 0) is 19.0 Å². The molecule has 0 heterocycles. The Labute approximate surface area is 88.5 Å². The quantitative estimate of drug-likeness (QED) is 0.512. The number of carbonyl (C=O) groups is 1. The molecular weight excluding hydrogens is 196 g/mol. The Kier molecular flexibility index (Phi) is 2.20. The van der Waals surface area contributed by atoms with E-state index in [4.69, 9.17) is 14.2 Å². The summed E-state index contributed by atoms with van der Waals surface area (Å²) in [6.45, 7) is 0. The Bertz CT molecular complexity index is 326. The van der Waals surface area contributed by atoms with Gasteiger partial charge in [0.15, 0.2) is 5.79 Å². The van der Waals surface area contributed by atoms with Crippen molar-refractivity contribution in [3.63, 3.8) is 0 Å². The second-order valence-electron chi connectivity index (χ2n) is 3.68. The molecule has 0 aromatic carbocycles. The van der Waals surface area contributed by atoms with E-state index in [1.54, 1.807) is 0 Å². The molecule has 0 aromatic heterocycles. The van der Waals surface area contributed by atoms with Crippen LogP contribution in [0.15, 0.2) is 24.3 Å². The van der Waals surface area contributed by atoms with Crippen molar-refractivity contribution >= 4 is 5.97 Å². The third-order valence-electron chi connectivity index (χ3n) is 3.28. The molecule has 2 aliphatic carbocycles. The first kappa shape index (κ1) is 10.4. The number of carbonyl (C=O) groups excluding carboxylic acids is 1. The summed E-state index contributed by atoms with van der Waals surface area (Å²) in [5.74, 6) is -1.63. The van der Waals surface area contributed by atoms with Crippen LogP contribution in [-0.4, -0.2) is 33.1 Å². The highest BCUT2D eigenvalue weighted by atomic mass is 16.7. The highest BCUT2D eigenvalue weighted by Crippen LogP contribution is 2.68. The number of rotatable bonds is 3. The van der Waals surface area contributed by atoms with E-state index in [1.807, 2.05) is 24.3 Å². The average molecular weight is 210 g/mol. The number of esters is 1. The van der Waals surface area contributed by atoms with Crippen LogP contribution < -0.4 is 0 Å². The minimum Gasteiger partial charge on any atom is -0.469 e. The fourth-order valence-electron chi connectivity index (χ4n) is 2.51. The maximum atomic E-state index is 11.6. The number of hydrogen-bond donors (Lipinski definition) is 0. The van der Waals surface area contributed by atoms with Gasteiger partial charge in [-0.25, -0.2) is 0 Å². The largest absolute Gasteiger partial charge is 0.469 e. The van der Waals surface area contributed by atoms with E-state index >= 15 is 0 Å². The molecule has 1 unspecified atom stereocenters. The van der Waals surface area contributed by atoms with Gasteiger partial charge in [-0.05, 0) is 0 Å². The van der Waals surface area contributed by atoms with Gasteiger partial charge in [-0.1, -0.05) is 24.3 Å². The molecule has 2 aliphatic rings. The van der Waals surface area contributed by atoms with Crippen LogP contribution in [0.25, 0.3) is 0 Å². The number of hydrogen-bond acceptors (Lipinski definition) is 4. The molecule has 4 nitrogen and oxygen atoms in total. The van der Waals surface area contributed by atoms with Gasteiger partial charge in [0.2, 0.25) is 0 Å². The predicted octanol–water partition coefficient (Wildman–Crippen LogP) is 0.891. The minimum atomic E-state index is -0.899. The van der Waals surface area contributed by atoms with Gasteiger partial charge in [-0.3, -0.25) is 4.79 Å². The molecule has 1 atom stereocenters. The molecule has 0 radical (unpaired) electrons. The van der Waals surface area contributed by atoms with Gasteiger partial charge < -0.3 is 14.2 Å². The summed E-state index contributed by atoms with van der Waals surface area (Å²) in [4.78, 5) is 11.6. The fourth-order valence-corrected chi connectivity index (χ4v) is 2.51. The zero-order chi connectivity index (χ0) is 11.1. The van der Waals surface area contributed by atoms with Gasteiger partial charge in [0.05, 0.1) is 12.5 Å². The van der Waals surface area contributed by atoms with E-state index in [-0.39, 0.29) is 5.97 Å². The standard InChI is InChI=1S/C11H14O4/c1-13-9(12)8-10(6-4-5-7-10)11(8,14-2)15-3/h4-8H,1-3H3. The molecule has 0 aromatic rings. The van der Waals surface area contributed by atoms with Crippen LogP contribution in [0, 0.1) is 11.3 Å². The van der Waals surface area contributed by atoms with Crippen molar-refractivity contribution in [2.24, 2.45) is 11.3 Å². The van der Waals surface area contributed by atoms with E-state index in [1.165, 1.54) is 21.3 Å². The van der Waals surface area contributed by atoms with E-state index in [0.717, 1.165) is 0 Å². The minimum absolute atomic E-state index is 0.310. The Morgan fingerprint density at radius 1 is 1.13 bits per heavy atom. The van der Waals surface area contributed by atoms with Gasteiger partial charge in [0.1, 0.15) is 5.92 Å². The van der Waals surface area contributed by atoms with Gasteiger partial charge in [0, 0.05) is 14.2 Å². The smallest absolute Gasteiger partial charge is 0.315 e. The van der Waals surface area contributed by atoms with Crippen LogP contribution in [0.2, 0.25) is 0 Å². The molecule has 82 valence electrons. The molecule has 4 heteroatoms. The average Bonchev–Trinajstić information content (AvgIpc) is 2.58. The van der Waals surface area contributed by atoms with Gasteiger partial charge >= 0.3 is 5.97 Å². The summed E-state index contributed by atoms with van der Waals surface area (Å²) >= 11 is 0. The molecule has 0 N–H and O–H groups in total. The summed E-state index contributed by atoms with van der Waals surface area (Å²) < 4.78 is 15.4. The molecule has 0 amide bonds. The van der Waals surface area contributed by atoms with Crippen molar-refractivity contribution in [1.82, 2.24) is 0 Å². The summed E-state index contributed by atoms with van der Waals surface area (Å²) in [6.07, 6.45) is 7.61. The monoisotopic (exact) mass is 210 g/mol. The lowest BCUT2D eigenvalue weighted by Gasteiger charge is -2.16. The Balaban J connectivity index is 2.36. The van der Waals surface area contributed by atoms with Crippen LogP contribution in [0.4, 0.5) is 0 Å². The summed E-state index contributed by atoms with van der Waals surface area (Å²) in [7, 11) is 4.44. The lowest BCUT2D eigenvalue weighted by molar-refractivity contribution is -0.167. The summed E-state index contributed by atoms with van der Waals surface area (Å²) in [6, 6.07) is 0. The topological polar surface area (TPSA) is 44.8 Å². The maximum Gasteiger partial charge on any atom is 0.315 e. The van der Waals surface area contributed by atoms with E-state index < -0.39 is 17.1 Å². The molecule has 2 rings (SSSR count). The Morgan fingerprint density at radius 3 is 2.07 bits per heavy atom. The molecule has 0 saturated heterocycles. The van der Waals surface area contributed by atoms with Crippen molar-refractivity contribution in [2.45, 2.75) is 5.79 Å². The van der Waals surface area contributed by atoms with Crippen molar-refractivity contribution in [3.8, 4) is 0 Å². The summed E-state index contributed by atoms with van der Waals surface area (Å²) in [5.41, 5.74) is -0.483. The molecule has 1 spiro atoms. The number of ether oxygens (including phenoxy) is 3. The van der Waals surface area contributed by atoms with Crippen LogP contribution in [0.5, 0.6) is 0 Å². The van der Waals surface area contributed by atoms with Gasteiger partial charge in [-0.2, -0.15) is 0 Å². The van der Waals surface area contributed by atoms with E-state index in [0.29, 0.717) is 0 Å². The maximum absolute atomic E-state index is 11.6. The first-order chi connectivity index (χ1) is 7.18. The third kappa shape index (κ3) is 1.01. The number of allylic oxidation sites excluding steroid dienone is 2. The lowest BCUT2D eigenvalue weighted by atomic mass is 10.1. The van der Waals surface area contributed by atoms with Crippen molar-refractivity contribution in [3.05, 3.63) is 24.3 Å². The lowest BCUT2D eigenvalue weighted by Crippen LogP contribution is -2.24. The molecule has 15 heavy (non-hydrogen) atoms. The second-order valence-corrected chi connectivity index (χ2v) is 3.68. The zero-order valence-corrected chi connectivity index (χ0v) is 9.02. The van der Waals surface area contributed by atoms with Gasteiger partial charge in [-0.15, -0.1) is 0 Å². The van der Waals surface area contributed by atoms with Crippen LogP contribution in [0.1, 0.15) is 0 Å². The van der Waals surface area contributed by atoms with Crippen molar-refractivity contribution < 1.29 is 19.0 Å².